The number of rotatable bonds is 5. The number of nitrogens with one attached hydrogen (secondary N) is 1. The lowest BCUT2D eigenvalue weighted by atomic mass is 10.2. The SMILES string of the molecule is CNCCC=Cc1cncc(OC)c1. The summed E-state index contributed by atoms with van der Waals surface area (Å²) in [6.07, 6.45) is 8.71. The molecule has 3 nitrogen and oxygen atoms in total. The van der Waals surface area contributed by atoms with Crippen molar-refractivity contribution < 1.29 is 4.74 Å². The Morgan fingerprint density at radius 3 is 3.07 bits per heavy atom. The highest BCUT2D eigenvalue weighted by atomic mass is 16.5. The molecule has 0 aromatic carbocycles. The van der Waals surface area contributed by atoms with Crippen molar-refractivity contribution in [1.82, 2.24) is 10.3 Å². The Labute approximate surface area is 84.8 Å². The molecule has 1 aromatic heterocycles. The minimum absolute atomic E-state index is 0.792. The molecule has 0 unspecified atom stereocenters. The van der Waals surface area contributed by atoms with Gasteiger partial charge in [-0.25, -0.2) is 0 Å². The lowest BCUT2D eigenvalue weighted by Gasteiger charge is -1.99. The van der Waals surface area contributed by atoms with Crippen LogP contribution in [0, 0.1) is 0 Å². The molecule has 0 atom stereocenters. The van der Waals surface area contributed by atoms with E-state index in [4.69, 9.17) is 4.74 Å². The third-order valence-corrected chi connectivity index (χ3v) is 1.84. The summed E-state index contributed by atoms with van der Waals surface area (Å²) in [6, 6.07) is 1.96. The van der Waals surface area contributed by atoms with Crippen molar-refractivity contribution in [2.24, 2.45) is 0 Å². The summed E-state index contributed by atoms with van der Waals surface area (Å²) < 4.78 is 5.07. The van der Waals surface area contributed by atoms with Gasteiger partial charge >= 0.3 is 0 Å². The molecule has 1 rings (SSSR count). The van der Waals surface area contributed by atoms with Crippen molar-refractivity contribution in [3.63, 3.8) is 0 Å². The van der Waals surface area contributed by atoms with E-state index in [1.807, 2.05) is 25.4 Å². The van der Waals surface area contributed by atoms with Crippen molar-refractivity contribution in [2.75, 3.05) is 20.7 Å². The number of ether oxygens (including phenoxy) is 1. The van der Waals surface area contributed by atoms with E-state index in [9.17, 15) is 0 Å². The molecule has 3 heteroatoms. The molecule has 0 saturated carbocycles. The van der Waals surface area contributed by atoms with Gasteiger partial charge in [0.05, 0.1) is 13.3 Å². The minimum Gasteiger partial charge on any atom is -0.495 e. The number of methoxy groups -OCH3 is 1. The van der Waals surface area contributed by atoms with Crippen molar-refractivity contribution >= 4 is 6.08 Å². The minimum atomic E-state index is 0.792. The Bertz CT molecular complexity index is 297. The highest BCUT2D eigenvalue weighted by molar-refractivity contribution is 5.49. The van der Waals surface area contributed by atoms with Crippen LogP contribution in [0.4, 0.5) is 0 Å². The number of hydrogen-bond acceptors (Lipinski definition) is 3. The number of nitrogens with zero attached hydrogens (tertiary/aromatic N) is 1. The van der Waals surface area contributed by atoms with E-state index in [1.54, 1.807) is 13.3 Å². The van der Waals surface area contributed by atoms with Gasteiger partial charge in [0.15, 0.2) is 0 Å². The average molecular weight is 192 g/mol. The van der Waals surface area contributed by atoms with Crippen LogP contribution in [0.25, 0.3) is 6.08 Å². The van der Waals surface area contributed by atoms with Gasteiger partial charge < -0.3 is 10.1 Å². The third kappa shape index (κ3) is 3.58. The second-order valence-corrected chi connectivity index (χ2v) is 2.95. The van der Waals surface area contributed by atoms with Gasteiger partial charge in [-0.2, -0.15) is 0 Å². The van der Waals surface area contributed by atoms with Crippen LogP contribution in [0.15, 0.2) is 24.5 Å². The van der Waals surface area contributed by atoms with Crippen LogP contribution in [0.5, 0.6) is 5.75 Å². The highest BCUT2D eigenvalue weighted by Crippen LogP contribution is 2.11. The summed E-state index contributed by atoms with van der Waals surface area (Å²) in [4.78, 5) is 4.06. The summed E-state index contributed by atoms with van der Waals surface area (Å²) in [5.41, 5.74) is 1.07. The largest absolute Gasteiger partial charge is 0.495 e. The molecule has 0 fully saturated rings. The molecule has 0 aliphatic carbocycles. The zero-order valence-electron chi connectivity index (χ0n) is 8.66. The van der Waals surface area contributed by atoms with Crippen molar-refractivity contribution in [1.29, 1.82) is 0 Å². The van der Waals surface area contributed by atoms with Gasteiger partial charge in [0.2, 0.25) is 0 Å². The van der Waals surface area contributed by atoms with Crippen molar-refractivity contribution in [3.8, 4) is 5.75 Å². The lowest BCUT2D eigenvalue weighted by molar-refractivity contribution is 0.413. The maximum atomic E-state index is 5.07. The molecule has 0 bridgehead atoms. The Hall–Kier alpha value is -1.35. The van der Waals surface area contributed by atoms with Crippen LogP contribution in [0.2, 0.25) is 0 Å². The molecule has 0 spiro atoms. The van der Waals surface area contributed by atoms with Gasteiger partial charge in [-0.1, -0.05) is 12.2 Å². The maximum absolute atomic E-state index is 5.07. The second kappa shape index (κ2) is 6.16. The van der Waals surface area contributed by atoms with Gasteiger partial charge in [-0.15, -0.1) is 0 Å². The van der Waals surface area contributed by atoms with Crippen LogP contribution in [-0.4, -0.2) is 25.7 Å². The van der Waals surface area contributed by atoms with Gasteiger partial charge in [0.1, 0.15) is 5.75 Å². The molecule has 0 radical (unpaired) electrons. The summed E-state index contributed by atoms with van der Waals surface area (Å²) in [7, 11) is 3.59. The monoisotopic (exact) mass is 192 g/mol. The van der Waals surface area contributed by atoms with E-state index < -0.39 is 0 Å². The first-order valence-electron chi connectivity index (χ1n) is 4.67. The molecule has 14 heavy (non-hydrogen) atoms. The Balaban J connectivity index is 2.53. The van der Waals surface area contributed by atoms with Crippen LogP contribution in [0.3, 0.4) is 0 Å². The Morgan fingerprint density at radius 2 is 2.36 bits per heavy atom. The molecule has 76 valence electrons. The second-order valence-electron chi connectivity index (χ2n) is 2.95. The van der Waals surface area contributed by atoms with Gasteiger partial charge in [0.25, 0.3) is 0 Å². The Kier molecular flexibility index (Phi) is 4.72. The molecule has 1 aromatic rings. The third-order valence-electron chi connectivity index (χ3n) is 1.84. The number of pyridine rings is 1. The quantitative estimate of drug-likeness (QED) is 0.721. The first-order valence-corrected chi connectivity index (χ1v) is 4.67. The fourth-order valence-corrected chi connectivity index (χ4v) is 1.09. The highest BCUT2D eigenvalue weighted by Gasteiger charge is 1.91. The van der Waals surface area contributed by atoms with Gasteiger partial charge in [-0.05, 0) is 31.6 Å². The van der Waals surface area contributed by atoms with E-state index in [-0.39, 0.29) is 0 Å². The summed E-state index contributed by atoms with van der Waals surface area (Å²) in [5.74, 6) is 0.792. The van der Waals surface area contributed by atoms with Crippen LogP contribution in [-0.2, 0) is 0 Å². The molecule has 0 aliphatic rings. The molecule has 0 amide bonds. The van der Waals surface area contributed by atoms with E-state index in [1.165, 1.54) is 0 Å². The van der Waals surface area contributed by atoms with Gasteiger partial charge in [0, 0.05) is 6.20 Å². The predicted molar refractivity (Wildman–Crippen MR) is 58.4 cm³/mol. The van der Waals surface area contributed by atoms with E-state index in [0.717, 1.165) is 24.3 Å². The zero-order valence-corrected chi connectivity index (χ0v) is 8.66. The molecule has 0 aliphatic heterocycles. The lowest BCUT2D eigenvalue weighted by Crippen LogP contribution is -2.05. The smallest absolute Gasteiger partial charge is 0.137 e. The van der Waals surface area contributed by atoms with Crippen molar-refractivity contribution in [2.45, 2.75) is 6.42 Å². The fraction of sp³-hybridized carbons (Fsp3) is 0.364. The molecule has 1 N–H and O–H groups in total. The standard InChI is InChI=1S/C11H16N2O/c1-12-6-4-3-5-10-7-11(14-2)9-13-8-10/h3,5,7-9,12H,4,6H2,1-2H3. The molecule has 0 saturated heterocycles. The zero-order chi connectivity index (χ0) is 10.2. The predicted octanol–water partition coefficient (Wildman–Crippen LogP) is 1.71. The molecular formula is C11H16N2O. The topological polar surface area (TPSA) is 34.2 Å². The number of hydrogen-bond donors (Lipinski definition) is 1. The van der Waals surface area contributed by atoms with E-state index in [2.05, 4.69) is 16.4 Å². The van der Waals surface area contributed by atoms with Crippen LogP contribution < -0.4 is 10.1 Å². The Morgan fingerprint density at radius 1 is 1.50 bits per heavy atom. The van der Waals surface area contributed by atoms with Crippen LogP contribution in [0.1, 0.15) is 12.0 Å². The number of aromatic nitrogens is 1. The summed E-state index contributed by atoms with van der Waals surface area (Å²) >= 11 is 0. The van der Waals surface area contributed by atoms with E-state index in [0.29, 0.717) is 0 Å². The maximum Gasteiger partial charge on any atom is 0.137 e. The average Bonchev–Trinajstić information content (AvgIpc) is 2.25. The molecule has 1 heterocycles. The molecular weight excluding hydrogens is 176 g/mol. The van der Waals surface area contributed by atoms with E-state index >= 15 is 0 Å². The first kappa shape index (κ1) is 10.7. The summed E-state index contributed by atoms with van der Waals surface area (Å²) in [6.45, 7) is 0.994. The summed E-state index contributed by atoms with van der Waals surface area (Å²) in [5, 5.41) is 3.08. The fourth-order valence-electron chi connectivity index (χ4n) is 1.09. The first-order chi connectivity index (χ1) is 6.86. The van der Waals surface area contributed by atoms with Crippen LogP contribution >= 0.6 is 0 Å². The van der Waals surface area contributed by atoms with Gasteiger partial charge in [-0.3, -0.25) is 4.98 Å². The normalized spacial score (nSPS) is 10.7. The van der Waals surface area contributed by atoms with Crippen molar-refractivity contribution in [3.05, 3.63) is 30.1 Å².